The molecule has 25 heavy (non-hydrogen) atoms. The summed E-state index contributed by atoms with van der Waals surface area (Å²) in [4.78, 5) is 8.82. The maximum atomic E-state index is 4.43. The average Bonchev–Trinajstić information content (AvgIpc) is 3.08. The maximum Gasteiger partial charge on any atom is 0.187 e. The lowest BCUT2D eigenvalue weighted by molar-refractivity contribution is 0.816. The van der Waals surface area contributed by atoms with E-state index in [0.29, 0.717) is 0 Å². The highest BCUT2D eigenvalue weighted by molar-refractivity contribution is 7.99. The van der Waals surface area contributed by atoms with Crippen molar-refractivity contribution in [1.29, 1.82) is 0 Å². The van der Waals surface area contributed by atoms with Gasteiger partial charge in [0.1, 0.15) is 11.4 Å². The molecule has 1 atom stereocenters. The van der Waals surface area contributed by atoms with E-state index in [-0.39, 0.29) is 5.25 Å². The molecule has 0 saturated heterocycles. The molecule has 2 heterocycles. The van der Waals surface area contributed by atoms with Crippen LogP contribution in [0.3, 0.4) is 0 Å². The van der Waals surface area contributed by atoms with Crippen LogP contribution in [0.4, 0.5) is 0 Å². The molecule has 6 heteroatoms. The molecule has 0 aliphatic heterocycles. The molecular weight excluding hydrogens is 330 g/mol. The molecule has 2 aromatic carbocycles. The van der Waals surface area contributed by atoms with E-state index in [2.05, 4.69) is 70.5 Å². The van der Waals surface area contributed by atoms with Crippen LogP contribution in [0.25, 0.3) is 16.9 Å². The molecule has 0 fully saturated rings. The minimum Gasteiger partial charge on any atom is -0.227 e. The van der Waals surface area contributed by atoms with Gasteiger partial charge in [-0.2, -0.15) is 4.68 Å². The quantitative estimate of drug-likeness (QED) is 0.405. The highest BCUT2D eigenvalue weighted by Crippen LogP contribution is 2.36. The first-order chi connectivity index (χ1) is 12.2. The van der Waals surface area contributed by atoms with Gasteiger partial charge in [-0.15, -0.1) is 5.10 Å². The fourth-order valence-corrected chi connectivity index (χ4v) is 3.61. The van der Waals surface area contributed by atoms with Crippen LogP contribution in [-0.2, 0) is 0 Å². The minimum atomic E-state index is 0.267. The Hall–Kier alpha value is -2.73. The summed E-state index contributed by atoms with van der Waals surface area (Å²) in [5, 5.41) is 9.73. The van der Waals surface area contributed by atoms with Crippen LogP contribution in [-0.4, -0.2) is 25.0 Å². The van der Waals surface area contributed by atoms with Crippen LogP contribution < -0.4 is 0 Å². The van der Waals surface area contributed by atoms with E-state index in [0.717, 1.165) is 21.9 Å². The lowest BCUT2D eigenvalue weighted by Crippen LogP contribution is -1.98. The molecule has 0 aliphatic carbocycles. The summed E-state index contributed by atoms with van der Waals surface area (Å²) >= 11 is 1.67. The van der Waals surface area contributed by atoms with Crippen molar-refractivity contribution < 1.29 is 0 Å². The van der Waals surface area contributed by atoms with E-state index < -0.39 is 0 Å². The summed E-state index contributed by atoms with van der Waals surface area (Å²) < 4.78 is 1.76. The van der Waals surface area contributed by atoms with Gasteiger partial charge in [-0.1, -0.05) is 65.0 Å². The highest BCUT2D eigenvalue weighted by Gasteiger charge is 2.16. The van der Waals surface area contributed by atoms with Gasteiger partial charge in [-0.05, 0) is 31.5 Å². The Morgan fingerprint density at radius 3 is 2.48 bits per heavy atom. The molecule has 4 aromatic rings. The van der Waals surface area contributed by atoms with Crippen LogP contribution in [0.5, 0.6) is 0 Å². The van der Waals surface area contributed by atoms with Gasteiger partial charge in [0.2, 0.25) is 0 Å². The number of rotatable bonds is 4. The van der Waals surface area contributed by atoms with Crippen molar-refractivity contribution >= 4 is 22.9 Å². The smallest absolute Gasteiger partial charge is 0.187 e. The highest BCUT2D eigenvalue weighted by atomic mass is 32.2. The van der Waals surface area contributed by atoms with Gasteiger partial charge in [-0.3, -0.25) is 0 Å². The Morgan fingerprint density at radius 2 is 1.72 bits per heavy atom. The Balaban J connectivity index is 1.71. The number of aromatic nitrogens is 5. The van der Waals surface area contributed by atoms with E-state index >= 15 is 0 Å². The topological polar surface area (TPSA) is 56.5 Å². The normalized spacial score (nSPS) is 12.4. The van der Waals surface area contributed by atoms with Gasteiger partial charge in [0, 0.05) is 5.25 Å². The minimum absolute atomic E-state index is 0.267. The van der Waals surface area contributed by atoms with Crippen LogP contribution in [0.2, 0.25) is 0 Å². The molecule has 0 bridgehead atoms. The summed E-state index contributed by atoms with van der Waals surface area (Å²) in [7, 11) is 0. The van der Waals surface area contributed by atoms with Gasteiger partial charge in [0.05, 0.1) is 5.69 Å². The van der Waals surface area contributed by atoms with Gasteiger partial charge < -0.3 is 0 Å². The zero-order chi connectivity index (χ0) is 17.2. The Morgan fingerprint density at radius 1 is 0.960 bits per heavy atom. The maximum absolute atomic E-state index is 4.43. The third-order valence-electron chi connectivity index (χ3n) is 4.04. The molecule has 0 amide bonds. The molecule has 0 spiro atoms. The van der Waals surface area contributed by atoms with Crippen molar-refractivity contribution in [2.75, 3.05) is 0 Å². The molecule has 0 N–H and O–H groups in total. The molecule has 5 nitrogen and oxygen atoms in total. The molecule has 0 radical (unpaired) electrons. The number of hydrogen-bond donors (Lipinski definition) is 0. The summed E-state index contributed by atoms with van der Waals surface area (Å²) in [6.45, 7) is 4.23. The molecule has 4 rings (SSSR count). The SMILES string of the molecule is Cc1ccc(-n2nnc3c(SC(C)c4ccccc4)ncnc32)cc1. The Labute approximate surface area is 150 Å². The predicted octanol–water partition coefficient (Wildman–Crippen LogP) is 4.37. The number of nitrogens with zero attached hydrogens (tertiary/aromatic N) is 5. The van der Waals surface area contributed by atoms with Crippen LogP contribution >= 0.6 is 11.8 Å². The van der Waals surface area contributed by atoms with E-state index in [4.69, 9.17) is 0 Å². The zero-order valence-electron chi connectivity index (χ0n) is 14.0. The summed E-state index contributed by atoms with van der Waals surface area (Å²) in [6, 6.07) is 18.5. The van der Waals surface area contributed by atoms with E-state index in [9.17, 15) is 0 Å². The number of hydrogen-bond acceptors (Lipinski definition) is 5. The van der Waals surface area contributed by atoms with Crippen LogP contribution in [0, 0.1) is 6.92 Å². The van der Waals surface area contributed by atoms with Gasteiger partial charge in [0.15, 0.2) is 11.2 Å². The van der Waals surface area contributed by atoms with Crippen molar-refractivity contribution in [1.82, 2.24) is 25.0 Å². The summed E-state index contributed by atoms with van der Waals surface area (Å²) in [6.07, 6.45) is 1.58. The fraction of sp³-hybridized carbons (Fsp3) is 0.158. The zero-order valence-corrected chi connectivity index (χ0v) is 14.8. The van der Waals surface area contributed by atoms with Crippen molar-refractivity contribution in [3.05, 3.63) is 72.1 Å². The Kier molecular flexibility index (Phi) is 4.19. The van der Waals surface area contributed by atoms with Crippen molar-refractivity contribution in [3.63, 3.8) is 0 Å². The standard InChI is InChI=1S/C19H17N5S/c1-13-8-10-16(11-9-13)24-18-17(22-23-24)19(21-12-20-18)25-14(2)15-6-4-3-5-7-15/h3-12,14H,1-2H3. The predicted molar refractivity (Wildman–Crippen MR) is 99.9 cm³/mol. The summed E-state index contributed by atoms with van der Waals surface area (Å²) in [5.74, 6) is 0. The number of fused-ring (bicyclic) bond motifs is 1. The third-order valence-corrected chi connectivity index (χ3v) is 5.19. The van der Waals surface area contributed by atoms with E-state index in [1.165, 1.54) is 11.1 Å². The van der Waals surface area contributed by atoms with Crippen LogP contribution in [0.15, 0.2) is 66.0 Å². The molecular formula is C19H17N5S. The molecule has 2 aromatic heterocycles. The van der Waals surface area contributed by atoms with Gasteiger partial charge in [0.25, 0.3) is 0 Å². The van der Waals surface area contributed by atoms with Crippen LogP contribution in [0.1, 0.15) is 23.3 Å². The van der Waals surface area contributed by atoms with Gasteiger partial charge >= 0.3 is 0 Å². The third kappa shape index (κ3) is 3.13. The fourth-order valence-electron chi connectivity index (χ4n) is 2.63. The number of aryl methyl sites for hydroxylation is 1. The largest absolute Gasteiger partial charge is 0.227 e. The molecule has 1 unspecified atom stereocenters. The van der Waals surface area contributed by atoms with Gasteiger partial charge in [-0.25, -0.2) is 9.97 Å². The molecule has 124 valence electrons. The lowest BCUT2D eigenvalue weighted by Gasteiger charge is -2.10. The summed E-state index contributed by atoms with van der Waals surface area (Å²) in [5.41, 5.74) is 4.86. The molecule has 0 saturated carbocycles. The van der Waals surface area contributed by atoms with E-state index in [1.54, 1.807) is 22.8 Å². The Bertz CT molecular complexity index is 995. The second kappa shape index (κ2) is 6.64. The first kappa shape index (κ1) is 15.8. The van der Waals surface area contributed by atoms with Crippen molar-refractivity contribution in [2.45, 2.75) is 24.1 Å². The first-order valence-electron chi connectivity index (χ1n) is 8.07. The second-order valence-electron chi connectivity index (χ2n) is 5.86. The number of benzene rings is 2. The first-order valence-corrected chi connectivity index (χ1v) is 8.95. The monoisotopic (exact) mass is 347 g/mol. The number of thioether (sulfide) groups is 1. The average molecular weight is 347 g/mol. The van der Waals surface area contributed by atoms with E-state index in [1.807, 2.05) is 18.2 Å². The lowest BCUT2D eigenvalue weighted by atomic mass is 10.2. The second-order valence-corrected chi connectivity index (χ2v) is 7.19. The van der Waals surface area contributed by atoms with Crippen molar-refractivity contribution in [3.8, 4) is 5.69 Å². The van der Waals surface area contributed by atoms with Crippen molar-refractivity contribution in [2.24, 2.45) is 0 Å². The molecule has 0 aliphatic rings.